The van der Waals surface area contributed by atoms with Gasteiger partial charge in [-0.05, 0) is 76.0 Å². The van der Waals surface area contributed by atoms with Gasteiger partial charge in [-0.1, -0.05) is 6.07 Å². The molecule has 4 N–H and O–H groups in total. The van der Waals surface area contributed by atoms with Gasteiger partial charge in [-0.3, -0.25) is 9.69 Å². The van der Waals surface area contributed by atoms with Crippen molar-refractivity contribution in [3.05, 3.63) is 23.3 Å². The molecule has 0 aromatic heterocycles. The van der Waals surface area contributed by atoms with Crippen LogP contribution in [-0.2, 0) is 21.4 Å². The molecule has 7 heteroatoms. The number of phenolic OH excluding ortho intramolecular Hbond substituents is 1. The van der Waals surface area contributed by atoms with Crippen molar-refractivity contribution in [2.24, 2.45) is 23.0 Å². The Balaban J connectivity index is 1.37. The highest BCUT2D eigenvalue weighted by Gasteiger charge is 2.80. The Bertz CT molecular complexity index is 1060. The molecule has 1 aromatic carbocycles. The van der Waals surface area contributed by atoms with Crippen LogP contribution in [0.25, 0.3) is 0 Å². The number of likely N-dealkylation sites (tertiary alicyclic amines) is 1. The van der Waals surface area contributed by atoms with E-state index in [1.54, 1.807) is 6.92 Å². The summed E-state index contributed by atoms with van der Waals surface area (Å²) in [7, 11) is 1.81. The lowest BCUT2D eigenvalue weighted by atomic mass is 9.35. The first-order valence-electron chi connectivity index (χ1n) is 13.2. The minimum atomic E-state index is -0.529. The molecule has 1 aromatic rings. The molecular formula is C27H37N3O4. The number of hydrogen-bond donors (Lipinski definition) is 3. The normalized spacial score (nSPS) is 42.1. The van der Waals surface area contributed by atoms with E-state index >= 15 is 0 Å². The third kappa shape index (κ3) is 2.41. The first-order valence-corrected chi connectivity index (χ1v) is 13.2. The molecular weight excluding hydrogens is 430 g/mol. The topological polar surface area (TPSA) is 97.0 Å². The molecule has 34 heavy (non-hydrogen) atoms. The number of nitrogens with zero attached hydrogens (tertiary/aromatic N) is 1. The number of carbonyl (C=O) groups excluding carboxylic acids is 1. The average Bonchev–Trinajstić information content (AvgIpc) is 3.57. The Morgan fingerprint density at radius 3 is 2.91 bits per heavy atom. The van der Waals surface area contributed by atoms with E-state index in [1.165, 1.54) is 30.5 Å². The smallest absolute Gasteiger partial charge is 0.236 e. The molecule has 8 rings (SSSR count). The van der Waals surface area contributed by atoms with Crippen LogP contribution in [-0.4, -0.2) is 66.4 Å². The van der Waals surface area contributed by atoms with E-state index < -0.39 is 11.6 Å². The van der Waals surface area contributed by atoms with Gasteiger partial charge in [0, 0.05) is 48.6 Å². The van der Waals surface area contributed by atoms with Crippen LogP contribution in [0.3, 0.4) is 0 Å². The average molecular weight is 468 g/mol. The minimum Gasteiger partial charge on any atom is -0.504 e. The quantitative estimate of drug-likeness (QED) is 0.593. The fourth-order valence-electron chi connectivity index (χ4n) is 9.17. The van der Waals surface area contributed by atoms with Crippen molar-refractivity contribution in [1.82, 2.24) is 10.2 Å². The lowest BCUT2D eigenvalue weighted by Crippen LogP contribution is -2.81. The summed E-state index contributed by atoms with van der Waals surface area (Å²) in [5.41, 5.74) is 7.94. The largest absolute Gasteiger partial charge is 0.504 e. The van der Waals surface area contributed by atoms with Crippen LogP contribution in [0.2, 0.25) is 0 Å². The van der Waals surface area contributed by atoms with Gasteiger partial charge in [-0.2, -0.15) is 0 Å². The van der Waals surface area contributed by atoms with Gasteiger partial charge in [0.25, 0.3) is 0 Å². The molecule has 184 valence electrons. The Morgan fingerprint density at radius 2 is 2.18 bits per heavy atom. The lowest BCUT2D eigenvalue weighted by Gasteiger charge is -2.74. The van der Waals surface area contributed by atoms with Crippen molar-refractivity contribution in [2.75, 3.05) is 26.7 Å². The van der Waals surface area contributed by atoms with Crippen LogP contribution in [0.4, 0.5) is 0 Å². The molecule has 2 spiro atoms. The maximum Gasteiger partial charge on any atom is 0.236 e. The summed E-state index contributed by atoms with van der Waals surface area (Å²) in [6, 6.07) is 3.91. The van der Waals surface area contributed by atoms with Gasteiger partial charge in [0.05, 0.1) is 6.04 Å². The molecule has 4 saturated carbocycles. The molecule has 4 bridgehead atoms. The molecule has 0 radical (unpaired) electrons. The molecule has 7 nitrogen and oxygen atoms in total. The number of carbonyl (C=O) groups is 1. The Morgan fingerprint density at radius 1 is 1.35 bits per heavy atom. The maximum atomic E-state index is 12.4. The summed E-state index contributed by atoms with van der Waals surface area (Å²) in [4.78, 5) is 15.2. The van der Waals surface area contributed by atoms with Crippen molar-refractivity contribution < 1.29 is 19.4 Å². The number of rotatable bonds is 6. The molecule has 0 unspecified atom stereocenters. The zero-order chi connectivity index (χ0) is 23.5. The summed E-state index contributed by atoms with van der Waals surface area (Å²) in [5, 5.41) is 14.0. The Hall–Kier alpha value is -1.83. The second kappa shape index (κ2) is 6.89. The van der Waals surface area contributed by atoms with E-state index in [0.717, 1.165) is 44.6 Å². The molecule has 7 atom stereocenters. The summed E-state index contributed by atoms with van der Waals surface area (Å²) < 4.78 is 13.3. The molecule has 5 fully saturated rings. The van der Waals surface area contributed by atoms with Gasteiger partial charge in [0.15, 0.2) is 11.5 Å². The second-order valence-electron chi connectivity index (χ2n) is 12.1. The van der Waals surface area contributed by atoms with E-state index in [9.17, 15) is 9.90 Å². The first-order chi connectivity index (χ1) is 16.4. The lowest BCUT2D eigenvalue weighted by molar-refractivity contribution is -0.276. The van der Waals surface area contributed by atoms with Crippen LogP contribution in [0, 0.1) is 17.3 Å². The Kier molecular flexibility index (Phi) is 4.35. The summed E-state index contributed by atoms with van der Waals surface area (Å²) in [6.07, 6.45) is 7.70. The van der Waals surface area contributed by atoms with Gasteiger partial charge in [0.2, 0.25) is 5.91 Å². The molecule has 7 aliphatic rings. The van der Waals surface area contributed by atoms with Crippen molar-refractivity contribution >= 4 is 5.91 Å². The second-order valence-corrected chi connectivity index (χ2v) is 12.1. The molecule has 1 saturated heterocycles. The highest BCUT2D eigenvalue weighted by atomic mass is 16.6. The predicted molar refractivity (Wildman–Crippen MR) is 127 cm³/mol. The predicted octanol–water partition coefficient (Wildman–Crippen LogP) is 2.08. The molecule has 2 aliphatic heterocycles. The van der Waals surface area contributed by atoms with Gasteiger partial charge < -0.3 is 25.6 Å². The number of benzene rings is 1. The highest BCUT2D eigenvalue weighted by Crippen LogP contribution is 2.76. The molecule has 5 aliphatic carbocycles. The van der Waals surface area contributed by atoms with E-state index in [1.807, 2.05) is 13.2 Å². The third-order valence-electron chi connectivity index (χ3n) is 10.7. The van der Waals surface area contributed by atoms with Crippen LogP contribution in [0.15, 0.2) is 12.1 Å². The molecule has 1 amide bonds. The number of hydrogen-bond acceptors (Lipinski definition) is 6. The van der Waals surface area contributed by atoms with Gasteiger partial charge in [0.1, 0.15) is 11.7 Å². The van der Waals surface area contributed by atoms with E-state index in [-0.39, 0.29) is 34.5 Å². The fraction of sp³-hybridized carbons (Fsp3) is 0.741. The number of fused-ring (bicyclic) bond motifs is 2. The van der Waals surface area contributed by atoms with Crippen LogP contribution >= 0.6 is 0 Å². The fourth-order valence-corrected chi connectivity index (χ4v) is 9.17. The number of amides is 1. The molecule has 2 heterocycles. The number of piperidine rings is 1. The standard InChI is InChI=1S/C27H37N3O4/c1-15(28)23(32)29-13-18-12-25-7-8-27(18,33-2)24-26(25)9-10-30(14-16-3-4-16)20(25)11-17-5-6-19(31)22(34-24)21(17)26/h5-6,15-16,18,20,24,31H,3-4,7-14,28H2,1-2H3,(H,29,32)/t15-,18+,20+,24+,25+,26-,27+/m0/s1. The van der Waals surface area contributed by atoms with Crippen LogP contribution < -0.4 is 15.8 Å². The number of methoxy groups -OCH3 is 1. The van der Waals surface area contributed by atoms with Crippen molar-refractivity contribution in [2.45, 2.75) is 81.1 Å². The third-order valence-corrected chi connectivity index (χ3v) is 10.7. The SMILES string of the molecule is CO[C@]12CC[C@@]3(C[C@@H]1CNC(=O)[C@H](C)N)[C@H]1Cc4ccc(O)c5c4[C@@]3(CCN1CC1CC1)[C@H]2O5. The van der Waals surface area contributed by atoms with Crippen LogP contribution in [0.1, 0.15) is 56.6 Å². The first kappa shape index (κ1) is 21.5. The number of ether oxygens (including phenoxy) is 2. The summed E-state index contributed by atoms with van der Waals surface area (Å²) >= 11 is 0. The number of aromatic hydroxyl groups is 1. The van der Waals surface area contributed by atoms with E-state index in [2.05, 4.69) is 16.3 Å². The highest BCUT2D eigenvalue weighted by molar-refractivity contribution is 5.81. The van der Waals surface area contributed by atoms with Gasteiger partial charge in [-0.25, -0.2) is 0 Å². The summed E-state index contributed by atoms with van der Waals surface area (Å²) in [5.74, 6) is 1.83. The van der Waals surface area contributed by atoms with Gasteiger partial charge in [-0.15, -0.1) is 0 Å². The number of phenols is 1. The Labute approximate surface area is 201 Å². The van der Waals surface area contributed by atoms with Crippen molar-refractivity contribution in [1.29, 1.82) is 0 Å². The number of nitrogens with two attached hydrogens (primary N) is 1. The number of nitrogens with one attached hydrogen (secondary N) is 1. The zero-order valence-electron chi connectivity index (χ0n) is 20.3. The summed E-state index contributed by atoms with van der Waals surface area (Å²) in [6.45, 7) is 4.57. The van der Waals surface area contributed by atoms with Crippen LogP contribution in [0.5, 0.6) is 11.5 Å². The minimum absolute atomic E-state index is 0.0703. The monoisotopic (exact) mass is 467 g/mol. The van der Waals surface area contributed by atoms with E-state index in [0.29, 0.717) is 18.3 Å². The zero-order valence-corrected chi connectivity index (χ0v) is 20.3. The van der Waals surface area contributed by atoms with Crippen molar-refractivity contribution in [3.63, 3.8) is 0 Å². The maximum absolute atomic E-state index is 12.4. The van der Waals surface area contributed by atoms with E-state index in [4.69, 9.17) is 15.2 Å². The van der Waals surface area contributed by atoms with Gasteiger partial charge >= 0.3 is 0 Å². The van der Waals surface area contributed by atoms with Crippen molar-refractivity contribution in [3.8, 4) is 11.5 Å².